The van der Waals surface area contributed by atoms with Gasteiger partial charge in [0.05, 0.1) is 6.61 Å². The Morgan fingerprint density at radius 1 is 0.850 bits per heavy atom. The van der Waals surface area contributed by atoms with Crippen molar-refractivity contribution >= 4 is 17.7 Å². The van der Waals surface area contributed by atoms with Crippen LogP contribution in [0, 0.1) is 11.8 Å². The molecule has 3 amide bonds. The van der Waals surface area contributed by atoms with E-state index in [2.05, 4.69) is 16.0 Å². The Labute approximate surface area is 118 Å². The van der Waals surface area contributed by atoms with Crippen LogP contribution in [0.3, 0.4) is 0 Å². The summed E-state index contributed by atoms with van der Waals surface area (Å²) in [6.07, 6.45) is 0. The first-order valence-electron chi connectivity index (χ1n) is 6.79. The van der Waals surface area contributed by atoms with Gasteiger partial charge in [-0.2, -0.15) is 0 Å². The molecule has 1 rings (SSSR count). The number of aliphatic hydroxyl groups excluding tert-OH is 1. The number of nitrogens with one attached hydrogen (secondary N) is 3. The minimum atomic E-state index is -1.04. The molecule has 7 nitrogen and oxygen atoms in total. The number of carbonyl (C=O) groups is 3. The highest BCUT2D eigenvalue weighted by Gasteiger charge is 2.35. The van der Waals surface area contributed by atoms with E-state index in [9.17, 15) is 19.5 Å². The monoisotopic (exact) mass is 285 g/mol. The van der Waals surface area contributed by atoms with E-state index in [1.54, 1.807) is 27.7 Å². The van der Waals surface area contributed by atoms with Crippen LogP contribution >= 0.6 is 0 Å². The minimum absolute atomic E-state index is 0.126. The highest BCUT2D eigenvalue weighted by atomic mass is 16.3. The van der Waals surface area contributed by atoms with Crippen molar-refractivity contribution < 1.29 is 19.5 Å². The second-order valence-electron chi connectivity index (χ2n) is 5.70. The second-order valence-corrected chi connectivity index (χ2v) is 5.70. The van der Waals surface area contributed by atoms with E-state index in [0.29, 0.717) is 0 Å². The topological polar surface area (TPSA) is 108 Å². The Hall–Kier alpha value is -1.63. The summed E-state index contributed by atoms with van der Waals surface area (Å²) in [5.74, 6) is -1.66. The maximum absolute atomic E-state index is 12.2. The number of amides is 3. The van der Waals surface area contributed by atoms with Crippen molar-refractivity contribution in [2.45, 2.75) is 45.8 Å². The number of hydrogen-bond acceptors (Lipinski definition) is 4. The van der Waals surface area contributed by atoms with Crippen LogP contribution < -0.4 is 16.0 Å². The molecule has 1 fully saturated rings. The van der Waals surface area contributed by atoms with E-state index in [1.807, 2.05) is 0 Å². The molecule has 0 spiro atoms. The third kappa shape index (κ3) is 3.69. The van der Waals surface area contributed by atoms with Gasteiger partial charge in [0.2, 0.25) is 17.7 Å². The summed E-state index contributed by atoms with van der Waals surface area (Å²) in [5, 5.41) is 16.9. The maximum atomic E-state index is 12.2. The van der Waals surface area contributed by atoms with E-state index in [-0.39, 0.29) is 17.7 Å². The van der Waals surface area contributed by atoms with Crippen molar-refractivity contribution in [2.75, 3.05) is 6.61 Å². The summed E-state index contributed by atoms with van der Waals surface area (Å²) in [4.78, 5) is 36.2. The van der Waals surface area contributed by atoms with Crippen LogP contribution in [-0.2, 0) is 14.4 Å². The Morgan fingerprint density at radius 2 is 1.25 bits per heavy atom. The molecule has 20 heavy (non-hydrogen) atoms. The lowest BCUT2D eigenvalue weighted by molar-refractivity contribution is -0.131. The van der Waals surface area contributed by atoms with Gasteiger partial charge in [0.1, 0.15) is 18.1 Å². The third-order valence-electron chi connectivity index (χ3n) is 3.31. The molecule has 1 aliphatic rings. The summed E-state index contributed by atoms with van der Waals surface area (Å²) in [5.41, 5.74) is 0. The summed E-state index contributed by atoms with van der Waals surface area (Å²) < 4.78 is 0. The number of rotatable bonds is 3. The first-order chi connectivity index (χ1) is 9.27. The van der Waals surface area contributed by atoms with Gasteiger partial charge in [-0.1, -0.05) is 27.7 Å². The van der Waals surface area contributed by atoms with Crippen LogP contribution in [0.1, 0.15) is 27.7 Å². The van der Waals surface area contributed by atoms with E-state index in [0.717, 1.165) is 0 Å². The predicted octanol–water partition coefficient (Wildman–Crippen LogP) is -1.24. The molecule has 0 aromatic rings. The second kappa shape index (κ2) is 6.69. The Morgan fingerprint density at radius 3 is 1.65 bits per heavy atom. The minimum Gasteiger partial charge on any atom is -0.394 e. The number of carbonyl (C=O) groups excluding carboxylic acids is 3. The zero-order chi connectivity index (χ0) is 15.4. The van der Waals surface area contributed by atoms with Crippen molar-refractivity contribution in [3.63, 3.8) is 0 Å². The van der Waals surface area contributed by atoms with Crippen molar-refractivity contribution in [1.82, 2.24) is 16.0 Å². The van der Waals surface area contributed by atoms with Gasteiger partial charge >= 0.3 is 0 Å². The standard InChI is InChI=1S/C13H23N3O4/c1-6(2)9-12(19)14-8(5-17)11(18)15-10(7(3)4)13(20)16-9/h6-10,17H,5H2,1-4H3,(H,14,19)(H,15,18)(H,16,20)/t8-,9-,10-/m0/s1. The molecular weight excluding hydrogens is 262 g/mol. The van der Waals surface area contributed by atoms with Crippen molar-refractivity contribution in [3.05, 3.63) is 0 Å². The van der Waals surface area contributed by atoms with Gasteiger partial charge in [-0.25, -0.2) is 0 Å². The van der Waals surface area contributed by atoms with Crippen LogP contribution in [0.4, 0.5) is 0 Å². The molecule has 0 bridgehead atoms. The van der Waals surface area contributed by atoms with Crippen LogP contribution in [0.5, 0.6) is 0 Å². The fourth-order valence-electron chi connectivity index (χ4n) is 2.02. The van der Waals surface area contributed by atoms with Crippen molar-refractivity contribution in [3.8, 4) is 0 Å². The summed E-state index contributed by atoms with van der Waals surface area (Å²) in [6.45, 7) is 6.69. The molecule has 7 heteroatoms. The zero-order valence-corrected chi connectivity index (χ0v) is 12.3. The first-order valence-corrected chi connectivity index (χ1v) is 6.79. The molecule has 0 aromatic carbocycles. The van der Waals surface area contributed by atoms with Crippen LogP contribution in [0.2, 0.25) is 0 Å². The largest absolute Gasteiger partial charge is 0.394 e. The third-order valence-corrected chi connectivity index (χ3v) is 3.31. The normalized spacial score (nSPS) is 28.4. The van der Waals surface area contributed by atoms with Gasteiger partial charge in [-0.3, -0.25) is 14.4 Å². The summed E-state index contributed by atoms with van der Waals surface area (Å²) in [7, 11) is 0. The lowest BCUT2D eigenvalue weighted by Crippen LogP contribution is -2.54. The van der Waals surface area contributed by atoms with Crippen LogP contribution in [0.15, 0.2) is 0 Å². The SMILES string of the molecule is CC(C)[C@@H]1NC(=O)[C@H](CO)NC(=O)[C@H](C(C)C)NC1=O. The molecule has 0 aromatic heterocycles. The van der Waals surface area contributed by atoms with Crippen LogP contribution in [0.25, 0.3) is 0 Å². The molecular formula is C13H23N3O4. The van der Waals surface area contributed by atoms with Gasteiger partial charge in [-0.05, 0) is 11.8 Å². The van der Waals surface area contributed by atoms with Gasteiger partial charge in [0.25, 0.3) is 0 Å². The molecule has 1 heterocycles. The van der Waals surface area contributed by atoms with E-state index >= 15 is 0 Å². The molecule has 0 saturated carbocycles. The smallest absolute Gasteiger partial charge is 0.245 e. The molecule has 114 valence electrons. The fraction of sp³-hybridized carbons (Fsp3) is 0.769. The summed E-state index contributed by atoms with van der Waals surface area (Å²) >= 11 is 0. The Kier molecular flexibility index (Phi) is 5.50. The van der Waals surface area contributed by atoms with Gasteiger partial charge in [-0.15, -0.1) is 0 Å². The van der Waals surface area contributed by atoms with Crippen LogP contribution in [-0.4, -0.2) is 47.6 Å². The van der Waals surface area contributed by atoms with Crippen molar-refractivity contribution in [2.24, 2.45) is 11.8 Å². The van der Waals surface area contributed by atoms with E-state index in [4.69, 9.17) is 0 Å². The fourth-order valence-corrected chi connectivity index (χ4v) is 2.02. The molecule has 4 N–H and O–H groups in total. The molecule has 1 aliphatic heterocycles. The quantitative estimate of drug-likeness (QED) is 0.520. The predicted molar refractivity (Wildman–Crippen MR) is 72.6 cm³/mol. The lowest BCUT2D eigenvalue weighted by atomic mass is 10.00. The molecule has 1 saturated heterocycles. The first kappa shape index (κ1) is 16.4. The maximum Gasteiger partial charge on any atom is 0.245 e. The number of aliphatic hydroxyl groups is 1. The van der Waals surface area contributed by atoms with Crippen molar-refractivity contribution in [1.29, 1.82) is 0 Å². The average molecular weight is 285 g/mol. The van der Waals surface area contributed by atoms with Gasteiger partial charge in [0.15, 0.2) is 0 Å². The highest BCUT2D eigenvalue weighted by Crippen LogP contribution is 2.09. The molecule has 3 atom stereocenters. The van der Waals surface area contributed by atoms with E-state index < -0.39 is 36.5 Å². The zero-order valence-electron chi connectivity index (χ0n) is 12.3. The number of hydrogen-bond donors (Lipinski definition) is 4. The Bertz CT molecular complexity index is 389. The lowest BCUT2D eigenvalue weighted by Gasteiger charge is -2.24. The molecule has 0 radical (unpaired) electrons. The van der Waals surface area contributed by atoms with Gasteiger partial charge in [0, 0.05) is 0 Å². The Balaban J connectivity index is 3.09. The highest BCUT2D eigenvalue weighted by molar-refractivity contribution is 5.97. The summed E-state index contributed by atoms with van der Waals surface area (Å²) in [6, 6.07) is -2.51. The van der Waals surface area contributed by atoms with Gasteiger partial charge < -0.3 is 21.1 Å². The molecule has 0 unspecified atom stereocenters. The van der Waals surface area contributed by atoms with E-state index in [1.165, 1.54) is 0 Å². The average Bonchev–Trinajstić information content (AvgIpc) is 2.40. The molecule has 0 aliphatic carbocycles.